The predicted octanol–water partition coefficient (Wildman–Crippen LogP) is 4.13. The van der Waals surface area contributed by atoms with Crippen molar-refractivity contribution in [3.63, 3.8) is 0 Å². The highest BCUT2D eigenvalue weighted by molar-refractivity contribution is 5.80. The minimum Gasteiger partial charge on any atom is -0.374 e. The van der Waals surface area contributed by atoms with Gasteiger partial charge in [-0.1, -0.05) is 37.3 Å². The summed E-state index contributed by atoms with van der Waals surface area (Å²) in [6.07, 6.45) is 6.16. The van der Waals surface area contributed by atoms with Crippen molar-refractivity contribution in [1.29, 1.82) is 0 Å². The monoisotopic (exact) mass is 260 g/mol. The number of ketones is 1. The second kappa shape index (κ2) is 7.44. The smallest absolute Gasteiger partial charge is 0.135 e. The maximum atomic E-state index is 11.8. The standard InChI is InChI=1S/C17H24O2/c1-2-6-17(18)15-9-11-16(12-10-15)19-13-14-7-4-3-5-8-14/h3-5,7-8,15-16H,2,6,9-13H2,1H3. The molecule has 1 aromatic carbocycles. The number of benzene rings is 1. The molecule has 1 saturated carbocycles. The van der Waals surface area contributed by atoms with Crippen LogP contribution >= 0.6 is 0 Å². The summed E-state index contributed by atoms with van der Waals surface area (Å²) in [6.45, 7) is 2.77. The lowest BCUT2D eigenvalue weighted by Crippen LogP contribution is -2.26. The van der Waals surface area contributed by atoms with E-state index in [9.17, 15) is 4.79 Å². The van der Waals surface area contributed by atoms with Gasteiger partial charge in [-0.3, -0.25) is 4.79 Å². The molecule has 2 nitrogen and oxygen atoms in total. The molecular formula is C17H24O2. The van der Waals surface area contributed by atoms with Gasteiger partial charge in [0.2, 0.25) is 0 Å². The van der Waals surface area contributed by atoms with Gasteiger partial charge in [-0.25, -0.2) is 0 Å². The predicted molar refractivity (Wildman–Crippen MR) is 76.9 cm³/mol. The molecule has 2 heteroatoms. The van der Waals surface area contributed by atoms with E-state index >= 15 is 0 Å². The molecule has 104 valence electrons. The summed E-state index contributed by atoms with van der Waals surface area (Å²) in [5, 5.41) is 0. The first-order valence-electron chi connectivity index (χ1n) is 7.48. The molecule has 0 heterocycles. The topological polar surface area (TPSA) is 26.3 Å². The third-order valence-corrected chi connectivity index (χ3v) is 3.95. The summed E-state index contributed by atoms with van der Waals surface area (Å²) in [7, 11) is 0. The van der Waals surface area contributed by atoms with Crippen molar-refractivity contribution in [2.75, 3.05) is 0 Å². The number of carbonyl (C=O) groups excluding carboxylic acids is 1. The van der Waals surface area contributed by atoms with Crippen molar-refractivity contribution in [2.24, 2.45) is 5.92 Å². The van der Waals surface area contributed by atoms with E-state index in [2.05, 4.69) is 19.1 Å². The lowest BCUT2D eigenvalue weighted by atomic mass is 9.83. The molecule has 0 amide bonds. The van der Waals surface area contributed by atoms with Crippen molar-refractivity contribution in [1.82, 2.24) is 0 Å². The molecule has 0 saturated heterocycles. The maximum Gasteiger partial charge on any atom is 0.135 e. The SMILES string of the molecule is CCCC(=O)C1CCC(OCc2ccccc2)CC1. The minimum absolute atomic E-state index is 0.302. The van der Waals surface area contributed by atoms with Gasteiger partial charge in [-0.2, -0.15) is 0 Å². The van der Waals surface area contributed by atoms with Gasteiger partial charge in [0.25, 0.3) is 0 Å². The molecule has 1 aliphatic carbocycles. The van der Waals surface area contributed by atoms with E-state index in [1.807, 2.05) is 18.2 Å². The molecule has 1 fully saturated rings. The van der Waals surface area contributed by atoms with Gasteiger partial charge in [0.05, 0.1) is 12.7 Å². The molecule has 0 aromatic heterocycles. The number of Topliss-reactive ketones (excluding diaryl/α,β-unsaturated/α-hetero) is 1. The lowest BCUT2D eigenvalue weighted by Gasteiger charge is -2.27. The van der Waals surface area contributed by atoms with Crippen LogP contribution in [0.3, 0.4) is 0 Å². The average Bonchev–Trinajstić information content (AvgIpc) is 2.47. The first-order valence-corrected chi connectivity index (χ1v) is 7.48. The zero-order valence-corrected chi connectivity index (χ0v) is 11.8. The number of hydrogen-bond donors (Lipinski definition) is 0. The quantitative estimate of drug-likeness (QED) is 0.768. The summed E-state index contributed by atoms with van der Waals surface area (Å²) in [4.78, 5) is 11.8. The van der Waals surface area contributed by atoms with Gasteiger partial charge in [-0.05, 0) is 37.7 Å². The zero-order chi connectivity index (χ0) is 13.5. The van der Waals surface area contributed by atoms with Crippen LogP contribution in [0.25, 0.3) is 0 Å². The minimum atomic E-state index is 0.302. The Morgan fingerprint density at radius 3 is 2.47 bits per heavy atom. The fraction of sp³-hybridized carbons (Fsp3) is 0.588. The molecule has 1 aliphatic rings. The molecule has 2 rings (SSSR count). The Kier molecular flexibility index (Phi) is 5.59. The van der Waals surface area contributed by atoms with Crippen LogP contribution in [0.15, 0.2) is 30.3 Å². The Morgan fingerprint density at radius 1 is 1.16 bits per heavy atom. The molecule has 0 aliphatic heterocycles. The van der Waals surface area contributed by atoms with Crippen LogP contribution in [0.5, 0.6) is 0 Å². The van der Waals surface area contributed by atoms with Crippen molar-refractivity contribution in [2.45, 2.75) is 58.2 Å². The van der Waals surface area contributed by atoms with Gasteiger partial charge in [0.1, 0.15) is 5.78 Å². The third kappa shape index (κ3) is 4.46. The zero-order valence-electron chi connectivity index (χ0n) is 11.8. The summed E-state index contributed by atoms with van der Waals surface area (Å²) >= 11 is 0. The van der Waals surface area contributed by atoms with E-state index in [1.165, 1.54) is 5.56 Å². The summed E-state index contributed by atoms with van der Waals surface area (Å²) in [5.74, 6) is 0.764. The molecule has 0 N–H and O–H groups in total. The summed E-state index contributed by atoms with van der Waals surface area (Å²) in [5.41, 5.74) is 1.23. The first-order chi connectivity index (χ1) is 9.29. The molecule has 1 aromatic rings. The second-order valence-corrected chi connectivity index (χ2v) is 5.49. The molecule has 0 spiro atoms. The average molecular weight is 260 g/mol. The Balaban J connectivity index is 1.70. The molecule has 0 radical (unpaired) electrons. The highest BCUT2D eigenvalue weighted by Gasteiger charge is 2.25. The van der Waals surface area contributed by atoms with E-state index in [0.29, 0.717) is 24.4 Å². The number of rotatable bonds is 6. The molecule has 19 heavy (non-hydrogen) atoms. The number of hydrogen-bond acceptors (Lipinski definition) is 2. The van der Waals surface area contributed by atoms with Crippen LogP contribution in [-0.2, 0) is 16.1 Å². The molecule has 0 atom stereocenters. The van der Waals surface area contributed by atoms with Crippen LogP contribution in [0.4, 0.5) is 0 Å². The van der Waals surface area contributed by atoms with Crippen LogP contribution < -0.4 is 0 Å². The highest BCUT2D eigenvalue weighted by Crippen LogP contribution is 2.28. The first kappa shape index (κ1) is 14.3. The second-order valence-electron chi connectivity index (χ2n) is 5.49. The van der Waals surface area contributed by atoms with Gasteiger partial charge in [0.15, 0.2) is 0 Å². The van der Waals surface area contributed by atoms with Crippen molar-refractivity contribution in [3.05, 3.63) is 35.9 Å². The Bertz CT molecular complexity index is 378. The molecule has 0 bridgehead atoms. The Morgan fingerprint density at radius 2 is 1.84 bits per heavy atom. The van der Waals surface area contributed by atoms with E-state index in [-0.39, 0.29) is 0 Å². The summed E-state index contributed by atoms with van der Waals surface area (Å²) in [6, 6.07) is 10.3. The van der Waals surface area contributed by atoms with E-state index in [0.717, 1.165) is 38.5 Å². The summed E-state index contributed by atoms with van der Waals surface area (Å²) < 4.78 is 5.95. The fourth-order valence-electron chi connectivity index (χ4n) is 2.79. The van der Waals surface area contributed by atoms with Crippen LogP contribution in [-0.4, -0.2) is 11.9 Å². The van der Waals surface area contributed by atoms with Crippen LogP contribution in [0.2, 0.25) is 0 Å². The fourth-order valence-corrected chi connectivity index (χ4v) is 2.79. The van der Waals surface area contributed by atoms with Crippen molar-refractivity contribution in [3.8, 4) is 0 Å². The van der Waals surface area contributed by atoms with Gasteiger partial charge in [-0.15, -0.1) is 0 Å². The van der Waals surface area contributed by atoms with Crippen LogP contribution in [0.1, 0.15) is 51.0 Å². The van der Waals surface area contributed by atoms with Gasteiger partial charge < -0.3 is 4.74 Å². The van der Waals surface area contributed by atoms with E-state index in [1.54, 1.807) is 0 Å². The number of ether oxygens (including phenoxy) is 1. The van der Waals surface area contributed by atoms with Gasteiger partial charge in [0, 0.05) is 12.3 Å². The van der Waals surface area contributed by atoms with Gasteiger partial charge >= 0.3 is 0 Å². The lowest BCUT2D eigenvalue weighted by molar-refractivity contribution is -0.124. The van der Waals surface area contributed by atoms with Crippen molar-refractivity contribution >= 4 is 5.78 Å². The Hall–Kier alpha value is -1.15. The van der Waals surface area contributed by atoms with E-state index < -0.39 is 0 Å². The third-order valence-electron chi connectivity index (χ3n) is 3.95. The van der Waals surface area contributed by atoms with E-state index in [4.69, 9.17) is 4.74 Å². The maximum absolute atomic E-state index is 11.8. The normalized spacial score (nSPS) is 23.2. The Labute approximate surface area is 116 Å². The molecule has 0 unspecified atom stereocenters. The van der Waals surface area contributed by atoms with Crippen molar-refractivity contribution < 1.29 is 9.53 Å². The number of carbonyl (C=O) groups is 1. The largest absolute Gasteiger partial charge is 0.374 e. The van der Waals surface area contributed by atoms with Crippen LogP contribution in [0, 0.1) is 5.92 Å². The molecular weight excluding hydrogens is 236 g/mol. The highest BCUT2D eigenvalue weighted by atomic mass is 16.5.